The second-order valence-corrected chi connectivity index (χ2v) is 12.2. The molecule has 3 aromatic carbocycles. The molecule has 10 nitrogen and oxygen atoms in total. The fraction of sp³-hybridized carbons (Fsp3) is 0.286. The molecule has 11 heteroatoms. The number of carbonyl (C=O) groups is 2. The topological polar surface area (TPSA) is 113 Å². The fourth-order valence-electron chi connectivity index (χ4n) is 6.35. The lowest BCUT2D eigenvalue weighted by Gasteiger charge is -2.45. The Hall–Kier alpha value is -4.80. The number of halogens is 1. The van der Waals surface area contributed by atoms with Gasteiger partial charge in [-0.3, -0.25) is 24.0 Å². The second-order valence-electron chi connectivity index (χ2n) is 11.8. The third-order valence-electron chi connectivity index (χ3n) is 8.74. The first-order valence-electron chi connectivity index (χ1n) is 15.4. The Bertz CT molecular complexity index is 1970. The summed E-state index contributed by atoms with van der Waals surface area (Å²) >= 11 is 6.51. The number of anilines is 1. The summed E-state index contributed by atoms with van der Waals surface area (Å²) in [6.45, 7) is 4.10. The van der Waals surface area contributed by atoms with Gasteiger partial charge in [0.2, 0.25) is 11.8 Å². The molecule has 7 rings (SSSR count). The highest BCUT2D eigenvalue weighted by Gasteiger charge is 2.48. The van der Waals surface area contributed by atoms with E-state index in [4.69, 9.17) is 16.3 Å². The van der Waals surface area contributed by atoms with Crippen LogP contribution in [0.4, 0.5) is 11.4 Å². The van der Waals surface area contributed by atoms with Crippen molar-refractivity contribution in [1.29, 1.82) is 0 Å². The molecule has 4 heterocycles. The predicted octanol–water partition coefficient (Wildman–Crippen LogP) is 7.03. The first-order chi connectivity index (χ1) is 22.4. The first kappa shape index (κ1) is 29.9. The number of hydrogen-bond acceptors (Lipinski definition) is 7. The van der Waals surface area contributed by atoms with Gasteiger partial charge in [-0.25, -0.2) is 0 Å². The summed E-state index contributed by atoms with van der Waals surface area (Å²) in [7, 11) is 0. The molecule has 0 radical (unpaired) electrons. The van der Waals surface area contributed by atoms with E-state index in [1.165, 1.54) is 6.42 Å². The first-order valence-corrected chi connectivity index (χ1v) is 15.9. The van der Waals surface area contributed by atoms with Crippen molar-refractivity contribution in [3.8, 4) is 11.6 Å². The van der Waals surface area contributed by atoms with Crippen LogP contribution in [-0.4, -0.2) is 56.4 Å². The van der Waals surface area contributed by atoms with Gasteiger partial charge in [0, 0.05) is 17.0 Å². The molecule has 0 aliphatic carbocycles. The molecular weight excluding hydrogens is 604 g/mol. The quantitative estimate of drug-likeness (QED) is 0.111. The van der Waals surface area contributed by atoms with Crippen LogP contribution in [0, 0.1) is 6.92 Å². The molecule has 0 saturated carbocycles. The van der Waals surface area contributed by atoms with Gasteiger partial charge in [0.15, 0.2) is 12.3 Å². The van der Waals surface area contributed by atoms with E-state index >= 15 is 0 Å². The number of aromatic nitrogens is 2. The number of fused-ring (bicyclic) bond motifs is 2. The van der Waals surface area contributed by atoms with Gasteiger partial charge in [-0.1, -0.05) is 54.4 Å². The van der Waals surface area contributed by atoms with Crippen LogP contribution in [0.15, 0.2) is 89.2 Å². The van der Waals surface area contributed by atoms with Gasteiger partial charge in [-0.05, 0) is 68.8 Å². The lowest BCUT2D eigenvalue weighted by atomic mass is 9.91. The number of pyridine rings is 1. The van der Waals surface area contributed by atoms with E-state index in [9.17, 15) is 14.7 Å². The van der Waals surface area contributed by atoms with Crippen LogP contribution < -0.4 is 9.64 Å². The Balaban J connectivity index is 1.10. The number of ether oxygens (including phenoxy) is 1. The number of benzene rings is 3. The van der Waals surface area contributed by atoms with Crippen LogP contribution in [0.2, 0.25) is 0 Å². The van der Waals surface area contributed by atoms with E-state index < -0.39 is 11.3 Å². The van der Waals surface area contributed by atoms with Crippen molar-refractivity contribution in [3.63, 3.8) is 0 Å². The summed E-state index contributed by atoms with van der Waals surface area (Å²) < 4.78 is 7.70. The van der Waals surface area contributed by atoms with Crippen LogP contribution in [0.1, 0.15) is 36.4 Å². The average Bonchev–Trinajstić information content (AvgIpc) is 3.35. The monoisotopic (exact) mass is 636 g/mol. The standard InChI is InChI=1S/C35H33ClN6O4/c1-22-11-13-23(14-12-22)33-30(36)34(44)42(33)27-15-16-28(31-25(27)9-7-17-37-31)46-20-29(43)38-39-32-24-8-3-4-10-26(24)41(35(32)45)21-40-18-5-2-6-19-40/h3-4,7-17,30,33,45H,2,5-6,18-21H2,1H3. The number of piperidine rings is 1. The summed E-state index contributed by atoms with van der Waals surface area (Å²) in [5, 5.41) is 19.9. The third kappa shape index (κ3) is 5.48. The number of aryl methyl sites for hydroxylation is 1. The van der Waals surface area contributed by atoms with Gasteiger partial charge in [0.05, 0.1) is 23.9 Å². The molecule has 234 valence electrons. The molecule has 2 aliphatic heterocycles. The second kappa shape index (κ2) is 12.5. The molecule has 2 fully saturated rings. The highest BCUT2D eigenvalue weighted by Crippen LogP contribution is 2.45. The molecule has 2 saturated heterocycles. The number of rotatable bonds is 8. The number of nitrogens with zero attached hydrogens (tertiary/aromatic N) is 6. The number of likely N-dealkylation sites (tertiary alicyclic amines) is 1. The van der Waals surface area contributed by atoms with Gasteiger partial charge in [0.1, 0.15) is 16.6 Å². The molecule has 2 atom stereocenters. The molecule has 2 aliphatic rings. The molecule has 1 N–H and O–H groups in total. The summed E-state index contributed by atoms with van der Waals surface area (Å²) in [5.41, 5.74) is 4.29. The summed E-state index contributed by atoms with van der Waals surface area (Å²) in [5.74, 6) is -0.477. The van der Waals surface area contributed by atoms with Crippen molar-refractivity contribution >= 4 is 56.6 Å². The Labute approximate surface area is 270 Å². The van der Waals surface area contributed by atoms with Crippen LogP contribution in [0.3, 0.4) is 0 Å². The van der Waals surface area contributed by atoms with E-state index in [2.05, 4.69) is 20.1 Å². The molecule has 2 aromatic heterocycles. The minimum Gasteiger partial charge on any atom is -0.493 e. The summed E-state index contributed by atoms with van der Waals surface area (Å²) in [6, 6.07) is 22.3. The van der Waals surface area contributed by atoms with Crippen LogP contribution >= 0.6 is 11.6 Å². The van der Waals surface area contributed by atoms with Crippen molar-refractivity contribution < 1.29 is 19.4 Å². The minimum absolute atomic E-state index is 0.0290. The van der Waals surface area contributed by atoms with Crippen molar-refractivity contribution in [2.75, 3.05) is 24.6 Å². The smallest absolute Gasteiger partial charge is 0.302 e. The van der Waals surface area contributed by atoms with Gasteiger partial charge in [0.25, 0.3) is 0 Å². The van der Waals surface area contributed by atoms with Crippen LogP contribution in [-0.2, 0) is 16.3 Å². The number of azo groups is 1. The fourth-order valence-corrected chi connectivity index (χ4v) is 6.71. The maximum Gasteiger partial charge on any atom is 0.302 e. The number of para-hydroxylation sites is 1. The lowest BCUT2D eigenvalue weighted by molar-refractivity contribution is -0.123. The molecule has 0 spiro atoms. The zero-order valence-corrected chi connectivity index (χ0v) is 26.1. The Morgan fingerprint density at radius 2 is 1.76 bits per heavy atom. The van der Waals surface area contributed by atoms with E-state index in [0.717, 1.165) is 42.6 Å². The van der Waals surface area contributed by atoms with Crippen molar-refractivity contribution in [2.24, 2.45) is 10.2 Å². The molecule has 2 amide bonds. The van der Waals surface area contributed by atoms with Crippen LogP contribution in [0.5, 0.6) is 11.6 Å². The number of aromatic hydroxyl groups is 1. The van der Waals surface area contributed by atoms with E-state index in [1.807, 2.05) is 66.1 Å². The van der Waals surface area contributed by atoms with Gasteiger partial charge < -0.3 is 14.7 Å². The number of β-lactam (4-membered cyclic amide) rings is 1. The Kier molecular flexibility index (Phi) is 8.14. The van der Waals surface area contributed by atoms with E-state index in [-0.39, 0.29) is 30.1 Å². The summed E-state index contributed by atoms with van der Waals surface area (Å²) in [4.78, 5) is 34.4. The SMILES string of the molecule is Cc1ccc(C2C(Cl)C(=O)N2c2ccc(OCC(=O)N=Nc3c(O)n(CN4CCCCC4)c4ccccc34)c3ncccc23)cc1. The van der Waals surface area contributed by atoms with Crippen LogP contribution in [0.25, 0.3) is 21.8 Å². The van der Waals surface area contributed by atoms with E-state index in [1.54, 1.807) is 29.3 Å². The maximum absolute atomic E-state index is 13.0. The number of amides is 2. The number of hydrogen-bond donors (Lipinski definition) is 1. The van der Waals surface area contributed by atoms with Crippen molar-refractivity contribution in [2.45, 2.75) is 44.3 Å². The highest BCUT2D eigenvalue weighted by molar-refractivity contribution is 6.37. The lowest BCUT2D eigenvalue weighted by Crippen LogP contribution is -2.56. The molecular formula is C35H33ClN6O4. The number of carbonyl (C=O) groups excluding carboxylic acids is 2. The van der Waals surface area contributed by atoms with Crippen molar-refractivity contribution in [3.05, 3.63) is 90.1 Å². The van der Waals surface area contributed by atoms with E-state index in [0.29, 0.717) is 34.4 Å². The third-order valence-corrected chi connectivity index (χ3v) is 9.16. The summed E-state index contributed by atoms with van der Waals surface area (Å²) in [6.07, 6.45) is 5.11. The Morgan fingerprint density at radius 1 is 1.00 bits per heavy atom. The maximum atomic E-state index is 13.0. The Morgan fingerprint density at radius 3 is 2.57 bits per heavy atom. The van der Waals surface area contributed by atoms with Gasteiger partial charge in [-0.15, -0.1) is 21.8 Å². The minimum atomic E-state index is -0.674. The zero-order valence-electron chi connectivity index (χ0n) is 25.3. The highest BCUT2D eigenvalue weighted by atomic mass is 35.5. The molecule has 46 heavy (non-hydrogen) atoms. The molecule has 5 aromatic rings. The average molecular weight is 637 g/mol. The number of alkyl halides is 1. The van der Waals surface area contributed by atoms with Gasteiger partial charge in [-0.2, -0.15) is 0 Å². The largest absolute Gasteiger partial charge is 0.493 e. The predicted molar refractivity (Wildman–Crippen MR) is 177 cm³/mol. The van der Waals surface area contributed by atoms with Crippen molar-refractivity contribution in [1.82, 2.24) is 14.5 Å². The molecule has 0 bridgehead atoms. The normalized spacial score (nSPS) is 18.8. The molecule has 2 unspecified atom stereocenters. The zero-order chi connectivity index (χ0) is 31.8. The van der Waals surface area contributed by atoms with Gasteiger partial charge >= 0.3 is 5.91 Å².